The van der Waals surface area contributed by atoms with E-state index in [-0.39, 0.29) is 24.3 Å². The van der Waals surface area contributed by atoms with Gasteiger partial charge in [-0.3, -0.25) is 23.1 Å². The van der Waals surface area contributed by atoms with Crippen molar-refractivity contribution < 1.29 is 9.90 Å². The van der Waals surface area contributed by atoms with Gasteiger partial charge in [-0.25, -0.2) is 4.79 Å². The normalized spacial score (nSPS) is 12.0. The van der Waals surface area contributed by atoms with E-state index < -0.39 is 17.2 Å². The van der Waals surface area contributed by atoms with E-state index in [1.807, 2.05) is 0 Å². The Balaban J connectivity index is 2.43. The minimum Gasteiger partial charge on any atom is -0.480 e. The van der Waals surface area contributed by atoms with E-state index in [1.165, 1.54) is 16.2 Å². The summed E-state index contributed by atoms with van der Waals surface area (Å²) >= 11 is 0. The standard InChI is InChI=1S/C15H17N5O4/c1-4-5-6-18-13(23)11-12(17(3)15(18)24)16-14-19(8-10(21)22)9(2)7-20(11)14/h4-5,7H,6,8H2,1-3H3,(H,21,22)/b5-4+. The van der Waals surface area contributed by atoms with Crippen LogP contribution >= 0.6 is 0 Å². The first-order valence-corrected chi connectivity index (χ1v) is 7.37. The number of aliphatic carboxylic acids is 1. The molecule has 126 valence electrons. The zero-order valence-electron chi connectivity index (χ0n) is 13.6. The fourth-order valence-corrected chi connectivity index (χ4v) is 2.76. The molecule has 24 heavy (non-hydrogen) atoms. The van der Waals surface area contributed by atoms with Crippen LogP contribution in [0.5, 0.6) is 0 Å². The van der Waals surface area contributed by atoms with Crippen LogP contribution in [0.2, 0.25) is 0 Å². The number of carboxylic acid groups (broad SMARTS) is 1. The topological polar surface area (TPSA) is 104 Å². The lowest BCUT2D eigenvalue weighted by Gasteiger charge is -2.05. The maximum atomic E-state index is 12.8. The second-order valence-corrected chi connectivity index (χ2v) is 5.53. The number of aromatic nitrogens is 5. The molecule has 9 heteroatoms. The van der Waals surface area contributed by atoms with Gasteiger partial charge in [-0.1, -0.05) is 12.2 Å². The van der Waals surface area contributed by atoms with Gasteiger partial charge in [0.05, 0.1) is 0 Å². The summed E-state index contributed by atoms with van der Waals surface area (Å²) in [7, 11) is 1.54. The zero-order valence-corrected chi connectivity index (χ0v) is 13.6. The van der Waals surface area contributed by atoms with Crippen LogP contribution < -0.4 is 11.2 Å². The van der Waals surface area contributed by atoms with Crippen molar-refractivity contribution in [1.82, 2.24) is 23.1 Å². The Morgan fingerprint density at radius 1 is 1.33 bits per heavy atom. The van der Waals surface area contributed by atoms with Crippen LogP contribution in [0.25, 0.3) is 16.9 Å². The molecule has 0 aliphatic carbocycles. The highest BCUT2D eigenvalue weighted by Crippen LogP contribution is 2.15. The van der Waals surface area contributed by atoms with Crippen LogP contribution in [0.4, 0.5) is 0 Å². The summed E-state index contributed by atoms with van der Waals surface area (Å²) in [5, 5.41) is 9.05. The molecule has 0 saturated carbocycles. The lowest BCUT2D eigenvalue weighted by Crippen LogP contribution is -2.39. The van der Waals surface area contributed by atoms with Crippen molar-refractivity contribution in [2.75, 3.05) is 0 Å². The highest BCUT2D eigenvalue weighted by atomic mass is 16.4. The number of nitrogens with zero attached hydrogens (tertiary/aromatic N) is 5. The summed E-state index contributed by atoms with van der Waals surface area (Å²) in [6.07, 6.45) is 5.13. The predicted molar refractivity (Wildman–Crippen MR) is 87.4 cm³/mol. The van der Waals surface area contributed by atoms with Crippen LogP contribution in [-0.2, 0) is 24.9 Å². The van der Waals surface area contributed by atoms with Crippen LogP contribution in [0.15, 0.2) is 27.9 Å². The van der Waals surface area contributed by atoms with Crippen LogP contribution in [0, 0.1) is 6.92 Å². The van der Waals surface area contributed by atoms with Gasteiger partial charge < -0.3 is 9.67 Å². The Kier molecular flexibility index (Phi) is 3.63. The number of carbonyl (C=O) groups is 1. The second-order valence-electron chi connectivity index (χ2n) is 5.53. The largest absolute Gasteiger partial charge is 0.480 e. The maximum Gasteiger partial charge on any atom is 0.332 e. The molecule has 0 aromatic carbocycles. The number of fused-ring (bicyclic) bond motifs is 3. The molecule has 3 aromatic heterocycles. The lowest BCUT2D eigenvalue weighted by atomic mass is 10.4. The summed E-state index contributed by atoms with van der Waals surface area (Å²) in [5.74, 6) is -0.691. The molecule has 0 aliphatic rings. The van der Waals surface area contributed by atoms with E-state index in [0.717, 1.165) is 4.57 Å². The Morgan fingerprint density at radius 2 is 2.04 bits per heavy atom. The number of aryl methyl sites for hydroxylation is 2. The van der Waals surface area contributed by atoms with Gasteiger partial charge >= 0.3 is 11.7 Å². The molecule has 0 unspecified atom stereocenters. The van der Waals surface area contributed by atoms with Crippen molar-refractivity contribution in [3.63, 3.8) is 0 Å². The first-order chi connectivity index (χ1) is 11.4. The van der Waals surface area contributed by atoms with Crippen molar-refractivity contribution in [2.45, 2.75) is 26.9 Å². The highest BCUT2D eigenvalue weighted by molar-refractivity contribution is 5.76. The fraction of sp³-hybridized carbons (Fsp3) is 0.333. The summed E-state index contributed by atoms with van der Waals surface area (Å²) < 4.78 is 5.46. The SMILES string of the molecule is C/C=C/Cn1c(=O)c2c(nc3n(CC(=O)O)c(C)cn23)n(C)c1=O. The molecule has 1 N–H and O–H groups in total. The van der Waals surface area contributed by atoms with Gasteiger partial charge in [-0.15, -0.1) is 0 Å². The molecule has 0 bridgehead atoms. The summed E-state index contributed by atoms with van der Waals surface area (Å²) in [5.41, 5.74) is 0.230. The summed E-state index contributed by atoms with van der Waals surface area (Å²) in [6, 6.07) is 0. The molecular formula is C15H17N5O4. The van der Waals surface area contributed by atoms with Crippen LogP contribution in [0.3, 0.4) is 0 Å². The summed E-state index contributed by atoms with van der Waals surface area (Å²) in [4.78, 5) is 40.5. The van der Waals surface area contributed by atoms with E-state index in [2.05, 4.69) is 4.98 Å². The quantitative estimate of drug-likeness (QED) is 0.684. The molecule has 0 atom stereocenters. The third-order valence-electron chi connectivity index (χ3n) is 3.96. The Morgan fingerprint density at radius 3 is 2.67 bits per heavy atom. The smallest absolute Gasteiger partial charge is 0.332 e. The van der Waals surface area contributed by atoms with Crippen LogP contribution in [0.1, 0.15) is 12.6 Å². The number of carboxylic acids is 1. The number of hydrogen-bond donors (Lipinski definition) is 1. The van der Waals surface area contributed by atoms with Gasteiger partial charge in [0.1, 0.15) is 6.54 Å². The Labute approximate surface area is 135 Å². The van der Waals surface area contributed by atoms with Crippen LogP contribution in [-0.4, -0.2) is 34.2 Å². The molecule has 3 aromatic rings. The average Bonchev–Trinajstić information content (AvgIpc) is 3.02. The number of allylic oxidation sites excluding steroid dienone is 2. The lowest BCUT2D eigenvalue weighted by molar-refractivity contribution is -0.137. The zero-order chi connectivity index (χ0) is 17.6. The Bertz CT molecular complexity index is 1110. The number of hydrogen-bond acceptors (Lipinski definition) is 4. The molecule has 0 fully saturated rings. The molecule has 0 saturated heterocycles. The Hall–Kier alpha value is -3.10. The van der Waals surface area contributed by atoms with Gasteiger partial charge in [0.2, 0.25) is 5.78 Å². The van der Waals surface area contributed by atoms with Gasteiger partial charge in [-0.2, -0.15) is 4.98 Å². The summed E-state index contributed by atoms with van der Waals surface area (Å²) in [6.45, 7) is 3.44. The third-order valence-corrected chi connectivity index (χ3v) is 3.96. The van der Waals surface area contributed by atoms with Crippen molar-refractivity contribution >= 4 is 22.9 Å². The molecule has 9 nitrogen and oxygen atoms in total. The molecule has 0 spiro atoms. The molecule has 0 amide bonds. The van der Waals surface area contributed by atoms with Gasteiger partial charge in [0, 0.05) is 25.5 Å². The van der Waals surface area contributed by atoms with E-state index >= 15 is 0 Å². The van der Waals surface area contributed by atoms with Crippen molar-refractivity contribution in [3.8, 4) is 0 Å². The van der Waals surface area contributed by atoms with Gasteiger partial charge in [0.15, 0.2) is 11.2 Å². The fourth-order valence-electron chi connectivity index (χ4n) is 2.76. The maximum absolute atomic E-state index is 12.8. The monoisotopic (exact) mass is 331 g/mol. The third kappa shape index (κ3) is 2.16. The molecule has 0 aliphatic heterocycles. The first kappa shape index (κ1) is 15.8. The van der Waals surface area contributed by atoms with E-state index in [9.17, 15) is 14.4 Å². The van der Waals surface area contributed by atoms with E-state index in [1.54, 1.807) is 36.6 Å². The molecule has 3 heterocycles. The number of rotatable bonds is 4. The van der Waals surface area contributed by atoms with Crippen molar-refractivity contribution in [3.05, 3.63) is 44.9 Å². The molecular weight excluding hydrogens is 314 g/mol. The molecule has 3 rings (SSSR count). The van der Waals surface area contributed by atoms with Crippen molar-refractivity contribution in [2.24, 2.45) is 7.05 Å². The van der Waals surface area contributed by atoms with Gasteiger partial charge in [-0.05, 0) is 13.8 Å². The van der Waals surface area contributed by atoms with Crippen molar-refractivity contribution in [1.29, 1.82) is 0 Å². The first-order valence-electron chi connectivity index (χ1n) is 7.37. The number of imidazole rings is 2. The van der Waals surface area contributed by atoms with E-state index in [0.29, 0.717) is 11.5 Å². The average molecular weight is 331 g/mol. The van der Waals surface area contributed by atoms with E-state index in [4.69, 9.17) is 5.11 Å². The minimum absolute atomic E-state index is 0.167. The molecule has 0 radical (unpaired) electrons. The minimum atomic E-state index is -1.01. The highest BCUT2D eigenvalue weighted by Gasteiger charge is 2.20. The van der Waals surface area contributed by atoms with Gasteiger partial charge in [0.25, 0.3) is 5.56 Å². The predicted octanol–water partition coefficient (Wildman–Crippen LogP) is 0.119. The second kappa shape index (κ2) is 5.52.